The van der Waals surface area contributed by atoms with Crippen molar-refractivity contribution in [3.05, 3.63) is 64.7 Å². The molecular formula is C23H25N3O4. The Hall–Kier alpha value is -3.35. The molecule has 156 valence electrons. The molecule has 1 atom stereocenters. The molecule has 7 heteroatoms. The highest BCUT2D eigenvalue weighted by Crippen LogP contribution is 2.32. The molecule has 2 aromatic carbocycles. The van der Waals surface area contributed by atoms with E-state index in [-0.39, 0.29) is 6.54 Å². The van der Waals surface area contributed by atoms with Crippen LogP contribution in [0.25, 0.3) is 0 Å². The minimum Gasteiger partial charge on any atom is -0.497 e. The molecule has 0 radical (unpaired) electrons. The lowest BCUT2D eigenvalue weighted by Gasteiger charge is -2.23. The Labute approximate surface area is 175 Å². The molecule has 4 amide bonds. The van der Waals surface area contributed by atoms with Crippen molar-refractivity contribution >= 4 is 17.8 Å². The van der Waals surface area contributed by atoms with Crippen LogP contribution in [0.15, 0.2) is 42.5 Å². The van der Waals surface area contributed by atoms with Crippen molar-refractivity contribution in [1.29, 1.82) is 0 Å². The zero-order valence-electron chi connectivity index (χ0n) is 17.2. The van der Waals surface area contributed by atoms with Crippen molar-refractivity contribution in [1.82, 2.24) is 15.5 Å². The smallest absolute Gasteiger partial charge is 0.325 e. The van der Waals surface area contributed by atoms with Gasteiger partial charge in [0.05, 0.1) is 7.11 Å². The number of aryl methyl sites for hydroxylation is 2. The molecule has 0 unspecified atom stereocenters. The van der Waals surface area contributed by atoms with E-state index in [0.29, 0.717) is 6.54 Å². The van der Waals surface area contributed by atoms with E-state index in [0.717, 1.165) is 41.0 Å². The van der Waals surface area contributed by atoms with Gasteiger partial charge >= 0.3 is 6.03 Å². The summed E-state index contributed by atoms with van der Waals surface area (Å²) >= 11 is 0. The summed E-state index contributed by atoms with van der Waals surface area (Å²) in [6.45, 7) is 1.68. The second-order valence-electron chi connectivity index (χ2n) is 7.91. The van der Waals surface area contributed by atoms with Crippen LogP contribution in [0.5, 0.6) is 5.75 Å². The van der Waals surface area contributed by atoms with Crippen molar-refractivity contribution in [3.8, 4) is 5.75 Å². The SMILES string of the molecule is COc1ccc(CNC(=O)CN2C(=O)N[C@](C)(c3ccc4c(c3)CCC4)C2=O)cc1. The summed E-state index contributed by atoms with van der Waals surface area (Å²) < 4.78 is 5.11. The van der Waals surface area contributed by atoms with Crippen molar-refractivity contribution in [2.75, 3.05) is 13.7 Å². The number of hydrogen-bond donors (Lipinski definition) is 2. The van der Waals surface area contributed by atoms with Gasteiger partial charge in [-0.15, -0.1) is 0 Å². The number of methoxy groups -OCH3 is 1. The maximum atomic E-state index is 13.1. The molecule has 1 heterocycles. The molecule has 2 aromatic rings. The summed E-state index contributed by atoms with van der Waals surface area (Å²) in [6.07, 6.45) is 3.14. The van der Waals surface area contributed by atoms with Crippen LogP contribution in [0.3, 0.4) is 0 Å². The first kappa shape index (κ1) is 19.9. The van der Waals surface area contributed by atoms with Gasteiger partial charge in [-0.05, 0) is 60.6 Å². The lowest BCUT2D eigenvalue weighted by atomic mass is 9.89. The molecular weight excluding hydrogens is 382 g/mol. The zero-order chi connectivity index (χ0) is 21.3. The number of nitrogens with one attached hydrogen (secondary N) is 2. The number of carbonyl (C=O) groups is 3. The van der Waals surface area contributed by atoms with Gasteiger partial charge in [-0.25, -0.2) is 4.79 Å². The first-order chi connectivity index (χ1) is 14.4. The van der Waals surface area contributed by atoms with Crippen LogP contribution in [0.4, 0.5) is 4.79 Å². The fourth-order valence-corrected chi connectivity index (χ4v) is 4.06. The Morgan fingerprint density at radius 1 is 1.13 bits per heavy atom. The number of ether oxygens (including phenoxy) is 1. The molecule has 1 saturated heterocycles. The number of imide groups is 1. The van der Waals surface area contributed by atoms with Gasteiger partial charge in [-0.1, -0.05) is 30.3 Å². The third-order valence-corrected chi connectivity index (χ3v) is 5.90. The number of rotatable bonds is 6. The maximum Gasteiger partial charge on any atom is 0.325 e. The molecule has 4 rings (SSSR count). The molecule has 0 spiro atoms. The Kier molecular flexibility index (Phi) is 5.20. The Bertz CT molecular complexity index is 1000. The van der Waals surface area contributed by atoms with E-state index in [1.54, 1.807) is 26.2 Å². The summed E-state index contributed by atoms with van der Waals surface area (Å²) in [7, 11) is 1.59. The molecule has 1 aliphatic heterocycles. The first-order valence-corrected chi connectivity index (χ1v) is 10.1. The number of hydrogen-bond acceptors (Lipinski definition) is 4. The van der Waals surface area contributed by atoms with Crippen LogP contribution in [0, 0.1) is 0 Å². The number of nitrogens with zero attached hydrogens (tertiary/aromatic N) is 1. The summed E-state index contributed by atoms with van der Waals surface area (Å²) in [5.74, 6) is -0.0761. The fourth-order valence-electron chi connectivity index (χ4n) is 4.06. The number of urea groups is 1. The van der Waals surface area contributed by atoms with Gasteiger partial charge in [0, 0.05) is 6.54 Å². The lowest BCUT2D eigenvalue weighted by Crippen LogP contribution is -2.43. The fraction of sp³-hybridized carbons (Fsp3) is 0.348. The highest BCUT2D eigenvalue weighted by Gasteiger charge is 2.49. The van der Waals surface area contributed by atoms with E-state index in [1.807, 2.05) is 30.3 Å². The summed E-state index contributed by atoms with van der Waals surface area (Å²) in [6, 6.07) is 12.7. The standard InChI is InChI=1S/C23H25N3O4/c1-23(18-9-8-16-4-3-5-17(16)12-18)21(28)26(22(29)25-23)14-20(27)24-13-15-6-10-19(30-2)11-7-15/h6-12H,3-5,13-14H2,1-2H3,(H,24,27)(H,25,29)/t23-/m1/s1. The van der Waals surface area contributed by atoms with Crippen LogP contribution in [-0.2, 0) is 34.5 Å². The van der Waals surface area contributed by atoms with E-state index in [2.05, 4.69) is 10.6 Å². The van der Waals surface area contributed by atoms with Gasteiger partial charge in [0.25, 0.3) is 5.91 Å². The normalized spacial score (nSPS) is 20.1. The van der Waals surface area contributed by atoms with E-state index in [1.165, 1.54) is 11.1 Å². The van der Waals surface area contributed by atoms with Gasteiger partial charge in [0.15, 0.2) is 0 Å². The topological polar surface area (TPSA) is 87.7 Å². The molecule has 1 fully saturated rings. The molecule has 0 saturated carbocycles. The first-order valence-electron chi connectivity index (χ1n) is 10.1. The summed E-state index contributed by atoms with van der Waals surface area (Å²) in [5, 5.41) is 5.52. The minimum absolute atomic E-state index is 0.300. The van der Waals surface area contributed by atoms with Gasteiger partial charge < -0.3 is 15.4 Å². The van der Waals surface area contributed by atoms with E-state index in [4.69, 9.17) is 4.74 Å². The van der Waals surface area contributed by atoms with Crippen molar-refractivity contribution in [3.63, 3.8) is 0 Å². The predicted octanol–water partition coefficient (Wildman–Crippen LogP) is 2.27. The van der Waals surface area contributed by atoms with Gasteiger partial charge in [-0.3, -0.25) is 14.5 Å². The van der Waals surface area contributed by atoms with Crippen molar-refractivity contribution in [2.45, 2.75) is 38.3 Å². The van der Waals surface area contributed by atoms with Gasteiger partial charge in [0.2, 0.25) is 5.91 Å². The van der Waals surface area contributed by atoms with Gasteiger partial charge in [0.1, 0.15) is 17.8 Å². The summed E-state index contributed by atoms with van der Waals surface area (Å²) in [4.78, 5) is 38.9. The zero-order valence-corrected chi connectivity index (χ0v) is 17.2. The van der Waals surface area contributed by atoms with Gasteiger partial charge in [-0.2, -0.15) is 0 Å². The highest BCUT2D eigenvalue weighted by molar-refractivity contribution is 6.09. The highest BCUT2D eigenvalue weighted by atomic mass is 16.5. The quantitative estimate of drug-likeness (QED) is 0.719. The van der Waals surface area contributed by atoms with Crippen molar-refractivity contribution < 1.29 is 19.1 Å². The van der Waals surface area contributed by atoms with Crippen LogP contribution < -0.4 is 15.4 Å². The second kappa shape index (κ2) is 7.82. The third kappa shape index (κ3) is 3.63. The molecule has 1 aliphatic carbocycles. The van der Waals surface area contributed by atoms with Crippen LogP contribution in [-0.4, -0.2) is 36.4 Å². The Morgan fingerprint density at radius 2 is 1.87 bits per heavy atom. The Balaban J connectivity index is 1.41. The molecule has 0 aromatic heterocycles. The maximum absolute atomic E-state index is 13.1. The predicted molar refractivity (Wildman–Crippen MR) is 111 cm³/mol. The number of benzene rings is 2. The number of carbonyl (C=O) groups excluding carboxylic acids is 3. The van der Waals surface area contributed by atoms with E-state index >= 15 is 0 Å². The molecule has 2 N–H and O–H groups in total. The average Bonchev–Trinajstić information content (AvgIpc) is 3.31. The van der Waals surface area contributed by atoms with Crippen LogP contribution in [0.1, 0.15) is 35.6 Å². The van der Waals surface area contributed by atoms with E-state index in [9.17, 15) is 14.4 Å². The molecule has 30 heavy (non-hydrogen) atoms. The molecule has 7 nitrogen and oxygen atoms in total. The molecule has 0 bridgehead atoms. The number of amides is 4. The average molecular weight is 407 g/mol. The number of fused-ring (bicyclic) bond motifs is 1. The second-order valence-corrected chi connectivity index (χ2v) is 7.91. The largest absolute Gasteiger partial charge is 0.497 e. The third-order valence-electron chi connectivity index (χ3n) is 5.90. The summed E-state index contributed by atoms with van der Waals surface area (Å²) in [5.41, 5.74) is 3.01. The minimum atomic E-state index is -1.16. The lowest BCUT2D eigenvalue weighted by molar-refractivity contribution is -0.134. The van der Waals surface area contributed by atoms with Crippen LogP contribution >= 0.6 is 0 Å². The van der Waals surface area contributed by atoms with Crippen molar-refractivity contribution in [2.24, 2.45) is 0 Å². The van der Waals surface area contributed by atoms with E-state index < -0.39 is 23.4 Å². The monoisotopic (exact) mass is 407 g/mol. The Morgan fingerprint density at radius 3 is 2.60 bits per heavy atom. The molecule has 2 aliphatic rings. The van der Waals surface area contributed by atoms with Crippen LogP contribution in [0.2, 0.25) is 0 Å².